The maximum atomic E-state index is 12.5. The lowest BCUT2D eigenvalue weighted by Crippen LogP contribution is -2.45. The minimum Gasteiger partial charge on any atom is -0.371 e. The summed E-state index contributed by atoms with van der Waals surface area (Å²) in [5.74, 6) is -0.246. The number of carbonyl (C=O) groups excluding carboxylic acids is 2. The summed E-state index contributed by atoms with van der Waals surface area (Å²) in [6, 6.07) is 2.05. The van der Waals surface area contributed by atoms with Gasteiger partial charge in [0.25, 0.3) is 5.91 Å². The van der Waals surface area contributed by atoms with Gasteiger partial charge in [-0.2, -0.15) is 0 Å². The van der Waals surface area contributed by atoms with E-state index in [-0.39, 0.29) is 17.6 Å². The minimum absolute atomic E-state index is 0.0515. The van der Waals surface area contributed by atoms with Gasteiger partial charge in [-0.1, -0.05) is 13.0 Å². The molecule has 9 heteroatoms. The van der Waals surface area contributed by atoms with Crippen LogP contribution in [0.15, 0.2) is 40.2 Å². The van der Waals surface area contributed by atoms with Gasteiger partial charge < -0.3 is 15.5 Å². The lowest BCUT2D eigenvalue weighted by molar-refractivity contribution is -0.120. The van der Waals surface area contributed by atoms with E-state index in [1.807, 2.05) is 32.2 Å². The van der Waals surface area contributed by atoms with Crippen LogP contribution in [-0.4, -0.2) is 72.4 Å². The van der Waals surface area contributed by atoms with Crippen molar-refractivity contribution in [1.29, 1.82) is 0 Å². The molecule has 0 spiro atoms. The van der Waals surface area contributed by atoms with Gasteiger partial charge in [0.05, 0.1) is 16.8 Å². The van der Waals surface area contributed by atoms with E-state index in [2.05, 4.69) is 42.1 Å². The molecule has 0 bridgehead atoms. The molecule has 1 aliphatic carbocycles. The predicted octanol–water partition coefficient (Wildman–Crippen LogP) is 1.65. The first-order valence-corrected chi connectivity index (χ1v) is 10.9. The Bertz CT molecular complexity index is 1050. The number of carbonyl (C=O) groups is 2. The summed E-state index contributed by atoms with van der Waals surface area (Å²) >= 11 is 0. The molecule has 2 N–H and O–H groups in total. The second kappa shape index (κ2) is 8.66. The van der Waals surface area contributed by atoms with Gasteiger partial charge in [-0.05, 0) is 37.3 Å². The van der Waals surface area contributed by atoms with Crippen LogP contribution in [0.2, 0.25) is 0 Å². The molecule has 168 valence electrons. The Balaban J connectivity index is 1.35. The fourth-order valence-electron chi connectivity index (χ4n) is 4.31. The Morgan fingerprint density at radius 2 is 2.12 bits per heavy atom. The zero-order valence-corrected chi connectivity index (χ0v) is 18.8. The Morgan fingerprint density at radius 3 is 2.78 bits per heavy atom. The average Bonchev–Trinajstić information content (AvgIpc) is 3.56. The average molecular weight is 436 g/mol. The number of allylic oxidation sites excluding steroid dienone is 1. The highest BCUT2D eigenvalue weighted by Crippen LogP contribution is 2.57. The van der Waals surface area contributed by atoms with Crippen molar-refractivity contribution in [3.8, 4) is 0 Å². The van der Waals surface area contributed by atoms with Gasteiger partial charge in [0.15, 0.2) is 0 Å². The smallest absolute Gasteiger partial charge is 0.288 e. The number of hydrogen-bond donors (Lipinski definition) is 2. The molecule has 0 aromatic carbocycles. The van der Waals surface area contributed by atoms with Crippen molar-refractivity contribution in [2.45, 2.75) is 26.8 Å². The van der Waals surface area contributed by atoms with Crippen LogP contribution < -0.4 is 10.6 Å². The molecule has 3 heterocycles. The number of aliphatic imine (C=N–C) groups is 2. The number of pyridine rings is 1. The van der Waals surface area contributed by atoms with Crippen LogP contribution in [0, 0.1) is 5.41 Å². The number of likely N-dealkylation sites (N-methyl/N-ethyl adjacent to an activating group) is 1. The van der Waals surface area contributed by atoms with Crippen molar-refractivity contribution in [3.05, 3.63) is 41.5 Å². The fraction of sp³-hybridized carbons (Fsp3) is 0.435. The van der Waals surface area contributed by atoms with Crippen LogP contribution >= 0.6 is 0 Å². The summed E-state index contributed by atoms with van der Waals surface area (Å²) < 4.78 is 0. The Kier molecular flexibility index (Phi) is 5.92. The summed E-state index contributed by atoms with van der Waals surface area (Å²) in [4.78, 5) is 41.2. The topological polar surface area (TPSA) is 102 Å². The molecule has 4 rings (SSSR count). The number of nitrogens with zero attached hydrogens (tertiary/aromatic N) is 5. The van der Waals surface area contributed by atoms with Gasteiger partial charge in [-0.3, -0.25) is 19.5 Å². The second-order valence-electron chi connectivity index (χ2n) is 8.30. The summed E-state index contributed by atoms with van der Waals surface area (Å²) in [6.45, 7) is 11.7. The molecule has 1 aromatic rings. The molecule has 1 atom stereocenters. The molecule has 1 saturated heterocycles. The van der Waals surface area contributed by atoms with Gasteiger partial charge in [-0.25, -0.2) is 9.98 Å². The number of hydrogen-bond acceptors (Lipinski definition) is 6. The highest BCUT2D eigenvalue weighted by molar-refractivity contribution is 6.39. The number of amidine groups is 1. The quantitative estimate of drug-likeness (QED) is 0.541. The van der Waals surface area contributed by atoms with Gasteiger partial charge in [0, 0.05) is 57.9 Å². The number of anilines is 1. The lowest BCUT2D eigenvalue weighted by Gasteiger charge is -2.36. The fourth-order valence-corrected chi connectivity index (χ4v) is 4.31. The Morgan fingerprint density at radius 1 is 1.38 bits per heavy atom. The highest BCUT2D eigenvalue weighted by atomic mass is 16.2. The third-order valence-corrected chi connectivity index (χ3v) is 6.43. The third-order valence-electron chi connectivity index (χ3n) is 6.43. The monoisotopic (exact) mass is 435 g/mol. The summed E-state index contributed by atoms with van der Waals surface area (Å²) in [7, 11) is 1.53. The number of aromatic nitrogens is 1. The first-order chi connectivity index (χ1) is 15.4. The van der Waals surface area contributed by atoms with Crippen LogP contribution in [-0.2, 0) is 16.1 Å². The van der Waals surface area contributed by atoms with E-state index in [4.69, 9.17) is 0 Å². The molecular formula is C23H29N7O2. The molecule has 32 heavy (non-hydrogen) atoms. The zero-order chi connectivity index (χ0) is 22.9. The molecule has 1 fully saturated rings. The summed E-state index contributed by atoms with van der Waals surface area (Å²) in [5, 5.41) is 5.54. The van der Waals surface area contributed by atoms with E-state index in [1.165, 1.54) is 7.05 Å². The second-order valence-corrected chi connectivity index (χ2v) is 8.30. The normalized spacial score (nSPS) is 23.0. The van der Waals surface area contributed by atoms with E-state index in [9.17, 15) is 9.59 Å². The third kappa shape index (κ3) is 3.95. The Hall–Kier alpha value is -3.33. The molecule has 2 aliphatic heterocycles. The van der Waals surface area contributed by atoms with Gasteiger partial charge in [0.2, 0.25) is 11.7 Å². The van der Waals surface area contributed by atoms with Crippen molar-refractivity contribution < 1.29 is 9.59 Å². The van der Waals surface area contributed by atoms with Crippen LogP contribution in [0.25, 0.3) is 5.57 Å². The number of amides is 2. The minimum atomic E-state index is -0.421. The van der Waals surface area contributed by atoms with Crippen molar-refractivity contribution >= 4 is 35.6 Å². The predicted molar refractivity (Wildman–Crippen MR) is 125 cm³/mol. The summed E-state index contributed by atoms with van der Waals surface area (Å²) in [6.07, 6.45) is 6.39. The van der Waals surface area contributed by atoms with Gasteiger partial charge in [0.1, 0.15) is 0 Å². The SMILES string of the molecule is C=N/C(=N\C=C(/C)N1CCN(Cc2cnc3c(c2)NC(=O)[C@]2(CC)C=C32)CC1)C(=O)NC. The van der Waals surface area contributed by atoms with Crippen LogP contribution in [0.5, 0.6) is 0 Å². The molecule has 0 saturated carbocycles. The highest BCUT2D eigenvalue weighted by Gasteiger charge is 2.54. The number of nitrogens with one attached hydrogen (secondary N) is 2. The van der Waals surface area contributed by atoms with Gasteiger partial charge in [-0.15, -0.1) is 0 Å². The summed E-state index contributed by atoms with van der Waals surface area (Å²) in [5.41, 5.74) is 4.44. The standard InChI is InChI=1S/C23H29N7O2/c1-5-23-11-17(23)19-18(28-22(23)32)10-16(13-26-19)14-29-6-8-30(9-7-29)15(2)12-27-20(24-3)21(31)25-4/h10-13H,3,5-9,14H2,1-2,4H3,(H,25,31)(H,28,32)/b15-12+,27-20-/t23-/m1/s1. The van der Waals surface area contributed by atoms with E-state index in [0.717, 1.165) is 67.4 Å². The largest absolute Gasteiger partial charge is 0.371 e. The maximum Gasteiger partial charge on any atom is 0.288 e. The van der Waals surface area contributed by atoms with E-state index in [0.29, 0.717) is 0 Å². The first kappa shape index (κ1) is 21.9. The van der Waals surface area contributed by atoms with E-state index >= 15 is 0 Å². The molecule has 0 unspecified atom stereocenters. The van der Waals surface area contributed by atoms with E-state index < -0.39 is 5.41 Å². The van der Waals surface area contributed by atoms with Crippen molar-refractivity contribution in [2.75, 3.05) is 38.5 Å². The lowest BCUT2D eigenvalue weighted by atomic mass is 9.90. The van der Waals surface area contributed by atoms with Crippen molar-refractivity contribution in [1.82, 2.24) is 20.1 Å². The van der Waals surface area contributed by atoms with E-state index in [1.54, 1.807) is 6.20 Å². The van der Waals surface area contributed by atoms with Crippen molar-refractivity contribution in [2.24, 2.45) is 15.4 Å². The zero-order valence-electron chi connectivity index (χ0n) is 18.8. The van der Waals surface area contributed by atoms with Crippen LogP contribution in [0.1, 0.15) is 31.5 Å². The maximum absolute atomic E-state index is 12.5. The molecule has 2 amide bonds. The molecule has 9 nitrogen and oxygen atoms in total. The first-order valence-electron chi connectivity index (χ1n) is 10.9. The van der Waals surface area contributed by atoms with Crippen LogP contribution in [0.3, 0.4) is 0 Å². The molecule has 1 aromatic heterocycles. The number of rotatable bonds is 5. The Labute approximate surface area is 188 Å². The molecule has 0 radical (unpaired) electrons. The molecule has 3 aliphatic rings. The van der Waals surface area contributed by atoms with Gasteiger partial charge >= 0.3 is 0 Å². The van der Waals surface area contributed by atoms with Crippen LogP contribution in [0.4, 0.5) is 5.69 Å². The molecular weight excluding hydrogens is 406 g/mol. The number of piperazine rings is 1. The number of fused-ring (bicyclic) bond motifs is 3. The van der Waals surface area contributed by atoms with Crippen molar-refractivity contribution in [3.63, 3.8) is 0 Å².